The van der Waals surface area contributed by atoms with E-state index in [1.54, 1.807) is 0 Å². The molecule has 2 atom stereocenters. The van der Waals surface area contributed by atoms with Crippen molar-refractivity contribution in [1.29, 1.82) is 0 Å². The Morgan fingerprint density at radius 1 is 1.04 bits per heavy atom. The van der Waals surface area contributed by atoms with Gasteiger partial charge in [0, 0.05) is 30.2 Å². The quantitative estimate of drug-likeness (QED) is 0.795. The van der Waals surface area contributed by atoms with Crippen LogP contribution in [-0.2, 0) is 0 Å². The lowest BCUT2D eigenvalue weighted by atomic mass is 10.2. The average molecular weight is 334 g/mol. The molecule has 3 aromatic rings. The predicted octanol–water partition coefficient (Wildman–Crippen LogP) is 2.83. The van der Waals surface area contributed by atoms with Gasteiger partial charge in [0.2, 0.25) is 0 Å². The number of likely N-dealkylation sites (tertiary alicyclic amines) is 1. The lowest BCUT2D eigenvalue weighted by Crippen LogP contribution is -2.31. The molecule has 0 spiro atoms. The van der Waals surface area contributed by atoms with Crippen LogP contribution < -0.4 is 5.32 Å². The number of rotatable bonds is 4. The molecular weight excluding hydrogens is 312 g/mol. The van der Waals surface area contributed by atoms with Crippen LogP contribution in [0.2, 0.25) is 0 Å². The van der Waals surface area contributed by atoms with E-state index in [4.69, 9.17) is 5.10 Å². The van der Waals surface area contributed by atoms with Gasteiger partial charge in [-0.2, -0.15) is 4.52 Å². The van der Waals surface area contributed by atoms with Crippen molar-refractivity contribution in [2.75, 3.05) is 11.9 Å². The van der Waals surface area contributed by atoms with Crippen LogP contribution in [0.4, 0.5) is 5.82 Å². The zero-order valence-corrected chi connectivity index (χ0v) is 14.3. The van der Waals surface area contributed by atoms with E-state index in [0.717, 1.165) is 35.4 Å². The fourth-order valence-electron chi connectivity index (χ4n) is 3.92. The topological polar surface area (TPSA) is 58.4 Å². The monoisotopic (exact) mass is 334 g/mol. The molecule has 3 heterocycles. The number of nitrogens with zero attached hydrogens (tertiary/aromatic N) is 5. The Hall–Kier alpha value is -2.47. The molecule has 6 nitrogen and oxygen atoms in total. The SMILES string of the molecule is CC1CC(Nc2ccc3nnc(-c4ccccc4)n3n2)CN1C1CC1. The summed E-state index contributed by atoms with van der Waals surface area (Å²) >= 11 is 0. The molecule has 1 aliphatic heterocycles. The fourth-order valence-corrected chi connectivity index (χ4v) is 3.92. The smallest absolute Gasteiger partial charge is 0.185 e. The van der Waals surface area contributed by atoms with Gasteiger partial charge in [0.1, 0.15) is 5.82 Å². The van der Waals surface area contributed by atoms with Crippen LogP contribution in [0.25, 0.3) is 17.0 Å². The summed E-state index contributed by atoms with van der Waals surface area (Å²) in [7, 11) is 0. The van der Waals surface area contributed by atoms with Crippen molar-refractivity contribution in [3.63, 3.8) is 0 Å². The highest BCUT2D eigenvalue weighted by Crippen LogP contribution is 2.34. The van der Waals surface area contributed by atoms with E-state index in [1.165, 1.54) is 19.3 Å². The standard InChI is InChI=1S/C19H22N6/c1-13-11-15(12-24(13)16-7-8-16)20-17-9-10-18-21-22-19(25(18)23-17)14-5-3-2-4-6-14/h2-6,9-10,13,15-16H,7-8,11-12H2,1H3,(H,20,23). The molecule has 2 aliphatic rings. The third kappa shape index (κ3) is 2.76. The minimum Gasteiger partial charge on any atom is -0.365 e. The van der Waals surface area contributed by atoms with Gasteiger partial charge in [-0.25, -0.2) is 0 Å². The maximum atomic E-state index is 4.75. The zero-order valence-electron chi connectivity index (χ0n) is 14.3. The molecule has 2 unspecified atom stereocenters. The van der Waals surface area contributed by atoms with Gasteiger partial charge in [0.25, 0.3) is 0 Å². The molecule has 1 saturated heterocycles. The van der Waals surface area contributed by atoms with Crippen molar-refractivity contribution in [2.24, 2.45) is 0 Å². The van der Waals surface area contributed by atoms with Gasteiger partial charge in [-0.1, -0.05) is 30.3 Å². The van der Waals surface area contributed by atoms with Crippen LogP contribution in [0.15, 0.2) is 42.5 Å². The van der Waals surface area contributed by atoms with Crippen LogP contribution in [0.3, 0.4) is 0 Å². The molecule has 0 amide bonds. The molecule has 2 fully saturated rings. The van der Waals surface area contributed by atoms with Gasteiger partial charge >= 0.3 is 0 Å². The van der Waals surface area contributed by atoms with Crippen molar-refractivity contribution in [3.8, 4) is 11.4 Å². The van der Waals surface area contributed by atoms with E-state index in [0.29, 0.717) is 12.1 Å². The van der Waals surface area contributed by atoms with E-state index in [9.17, 15) is 0 Å². The van der Waals surface area contributed by atoms with Gasteiger partial charge in [-0.3, -0.25) is 4.90 Å². The van der Waals surface area contributed by atoms with Gasteiger partial charge < -0.3 is 5.32 Å². The lowest BCUT2D eigenvalue weighted by Gasteiger charge is -2.19. The first kappa shape index (κ1) is 14.8. The summed E-state index contributed by atoms with van der Waals surface area (Å²) in [5.41, 5.74) is 1.79. The number of hydrogen-bond donors (Lipinski definition) is 1. The molecule has 0 bridgehead atoms. The average Bonchev–Trinajstić information content (AvgIpc) is 3.29. The molecule has 0 radical (unpaired) electrons. The Bertz CT molecular complexity index is 885. The maximum Gasteiger partial charge on any atom is 0.185 e. The number of aromatic nitrogens is 4. The van der Waals surface area contributed by atoms with Crippen LogP contribution in [0.1, 0.15) is 26.2 Å². The molecule has 5 rings (SSSR count). The van der Waals surface area contributed by atoms with Crippen LogP contribution in [0.5, 0.6) is 0 Å². The van der Waals surface area contributed by atoms with Gasteiger partial charge in [0.05, 0.1) is 0 Å². The van der Waals surface area contributed by atoms with Gasteiger partial charge in [0.15, 0.2) is 11.5 Å². The number of fused-ring (bicyclic) bond motifs is 1. The van der Waals surface area contributed by atoms with Crippen molar-refractivity contribution in [3.05, 3.63) is 42.5 Å². The molecule has 128 valence electrons. The summed E-state index contributed by atoms with van der Waals surface area (Å²) in [6.45, 7) is 3.45. The molecule has 1 N–H and O–H groups in total. The summed E-state index contributed by atoms with van der Waals surface area (Å²) < 4.78 is 1.83. The number of anilines is 1. The minimum atomic E-state index is 0.456. The zero-order chi connectivity index (χ0) is 16.8. The Kier molecular flexibility index (Phi) is 3.45. The van der Waals surface area contributed by atoms with Crippen LogP contribution >= 0.6 is 0 Å². The van der Waals surface area contributed by atoms with Crippen molar-refractivity contribution >= 4 is 11.5 Å². The van der Waals surface area contributed by atoms with Gasteiger partial charge in [-0.15, -0.1) is 15.3 Å². The first-order valence-electron chi connectivity index (χ1n) is 9.08. The Morgan fingerprint density at radius 2 is 1.88 bits per heavy atom. The molecule has 1 saturated carbocycles. The molecule has 6 heteroatoms. The van der Waals surface area contributed by atoms with Crippen molar-refractivity contribution < 1.29 is 0 Å². The predicted molar refractivity (Wildman–Crippen MR) is 97.4 cm³/mol. The van der Waals surface area contributed by atoms with E-state index < -0.39 is 0 Å². The van der Waals surface area contributed by atoms with Crippen LogP contribution in [0, 0.1) is 0 Å². The highest BCUT2D eigenvalue weighted by Gasteiger charge is 2.38. The Morgan fingerprint density at radius 3 is 2.68 bits per heavy atom. The number of hydrogen-bond acceptors (Lipinski definition) is 5. The largest absolute Gasteiger partial charge is 0.365 e. The van der Waals surface area contributed by atoms with Crippen molar-refractivity contribution in [1.82, 2.24) is 24.7 Å². The summed E-state index contributed by atoms with van der Waals surface area (Å²) in [5.74, 6) is 1.66. The summed E-state index contributed by atoms with van der Waals surface area (Å²) in [6, 6.07) is 16.0. The molecule has 1 aromatic carbocycles. The summed E-state index contributed by atoms with van der Waals surface area (Å²) in [6.07, 6.45) is 3.90. The normalized spacial score (nSPS) is 24.0. The minimum absolute atomic E-state index is 0.456. The highest BCUT2D eigenvalue weighted by atomic mass is 15.4. The fraction of sp³-hybridized carbons (Fsp3) is 0.421. The molecule has 2 aromatic heterocycles. The van der Waals surface area contributed by atoms with Gasteiger partial charge in [-0.05, 0) is 38.3 Å². The first-order valence-corrected chi connectivity index (χ1v) is 9.08. The second-order valence-corrected chi connectivity index (χ2v) is 7.23. The van der Waals surface area contributed by atoms with E-state index in [1.807, 2.05) is 47.0 Å². The third-order valence-corrected chi connectivity index (χ3v) is 5.29. The number of benzene rings is 1. The van der Waals surface area contributed by atoms with E-state index >= 15 is 0 Å². The van der Waals surface area contributed by atoms with E-state index in [2.05, 4.69) is 27.3 Å². The Balaban J connectivity index is 1.41. The Labute approximate surface area is 146 Å². The highest BCUT2D eigenvalue weighted by molar-refractivity contribution is 5.59. The summed E-state index contributed by atoms with van der Waals surface area (Å²) in [4.78, 5) is 2.64. The number of nitrogens with one attached hydrogen (secondary N) is 1. The molecular formula is C19H22N6. The molecule has 1 aliphatic carbocycles. The second-order valence-electron chi connectivity index (χ2n) is 7.23. The van der Waals surface area contributed by atoms with E-state index in [-0.39, 0.29) is 0 Å². The van der Waals surface area contributed by atoms with Crippen LogP contribution in [-0.4, -0.2) is 49.4 Å². The maximum absolute atomic E-state index is 4.75. The third-order valence-electron chi connectivity index (χ3n) is 5.29. The lowest BCUT2D eigenvalue weighted by molar-refractivity contribution is 0.257. The van der Waals surface area contributed by atoms with Crippen molar-refractivity contribution in [2.45, 2.75) is 44.3 Å². The summed E-state index contributed by atoms with van der Waals surface area (Å²) in [5, 5.41) is 16.9. The second kappa shape index (κ2) is 5.81. The molecule has 25 heavy (non-hydrogen) atoms. The first-order chi connectivity index (χ1) is 12.3.